The van der Waals surface area contributed by atoms with Gasteiger partial charge in [-0.25, -0.2) is 4.68 Å². The molecule has 72 valence electrons. The highest BCUT2D eigenvalue weighted by Crippen LogP contribution is 2.15. The average molecular weight is 189 g/mol. The van der Waals surface area contributed by atoms with Crippen molar-refractivity contribution >= 4 is 16.8 Å². The average Bonchev–Trinajstić information content (AvgIpc) is 2.60. The topological polar surface area (TPSA) is 47.8 Å². The van der Waals surface area contributed by atoms with Crippen molar-refractivity contribution in [2.24, 2.45) is 0 Å². The highest BCUT2D eigenvalue weighted by molar-refractivity contribution is 5.82. The predicted molar refractivity (Wildman–Crippen MR) is 52.9 cm³/mol. The first kappa shape index (κ1) is 8.87. The summed E-state index contributed by atoms with van der Waals surface area (Å²) in [6.45, 7) is 3.38. The zero-order chi connectivity index (χ0) is 10.1. The number of ketones is 1. The van der Waals surface area contributed by atoms with E-state index < -0.39 is 0 Å². The van der Waals surface area contributed by atoms with Gasteiger partial charge >= 0.3 is 0 Å². The number of carbonyl (C=O) groups is 1. The van der Waals surface area contributed by atoms with E-state index in [-0.39, 0.29) is 11.8 Å². The van der Waals surface area contributed by atoms with Gasteiger partial charge in [-0.2, -0.15) is 0 Å². The number of Topliss-reactive ketones (excluding diaryl/α,β-unsaturated/α-hetero) is 1. The highest BCUT2D eigenvalue weighted by Gasteiger charge is 2.13. The summed E-state index contributed by atoms with van der Waals surface area (Å²) >= 11 is 0. The molecule has 0 bridgehead atoms. The monoisotopic (exact) mass is 189 g/mol. The van der Waals surface area contributed by atoms with E-state index in [0.717, 1.165) is 11.0 Å². The third-order valence-electron chi connectivity index (χ3n) is 2.33. The molecule has 1 heterocycles. The largest absolute Gasteiger partial charge is 0.298 e. The van der Waals surface area contributed by atoms with Crippen LogP contribution in [0.15, 0.2) is 24.3 Å². The number of carbonyl (C=O) groups excluding carboxylic acids is 1. The van der Waals surface area contributed by atoms with Gasteiger partial charge in [0.05, 0.1) is 5.52 Å². The maximum Gasteiger partial charge on any atom is 0.154 e. The van der Waals surface area contributed by atoms with Crippen LogP contribution in [0.1, 0.15) is 19.9 Å². The number of aromatic nitrogens is 3. The molecule has 2 aromatic rings. The van der Waals surface area contributed by atoms with Gasteiger partial charge in [0, 0.05) is 0 Å². The highest BCUT2D eigenvalue weighted by atomic mass is 16.1. The van der Waals surface area contributed by atoms with Crippen LogP contribution >= 0.6 is 0 Å². The van der Waals surface area contributed by atoms with Crippen LogP contribution in [0.4, 0.5) is 0 Å². The molecule has 0 radical (unpaired) electrons. The fourth-order valence-corrected chi connectivity index (χ4v) is 1.35. The molecule has 0 aliphatic carbocycles. The molecular formula is C10H11N3O. The Hall–Kier alpha value is -1.71. The fourth-order valence-electron chi connectivity index (χ4n) is 1.35. The van der Waals surface area contributed by atoms with Crippen molar-refractivity contribution in [3.05, 3.63) is 24.3 Å². The number of nitrogens with zero attached hydrogens (tertiary/aromatic N) is 3. The van der Waals surface area contributed by atoms with E-state index in [1.54, 1.807) is 11.6 Å². The first-order valence-corrected chi connectivity index (χ1v) is 4.50. The second-order valence-electron chi connectivity index (χ2n) is 3.31. The van der Waals surface area contributed by atoms with Crippen LogP contribution in [0.25, 0.3) is 11.0 Å². The summed E-state index contributed by atoms with van der Waals surface area (Å²) in [6.07, 6.45) is 0. The van der Waals surface area contributed by atoms with Gasteiger partial charge in [0.1, 0.15) is 11.6 Å². The predicted octanol–water partition coefficient (Wildman–Crippen LogP) is 1.58. The van der Waals surface area contributed by atoms with Crippen LogP contribution in [-0.2, 0) is 4.79 Å². The Bertz CT molecular complexity index is 475. The second-order valence-corrected chi connectivity index (χ2v) is 3.31. The van der Waals surface area contributed by atoms with E-state index in [2.05, 4.69) is 10.3 Å². The summed E-state index contributed by atoms with van der Waals surface area (Å²) in [7, 11) is 0. The fraction of sp³-hybridized carbons (Fsp3) is 0.300. The Balaban J connectivity index is 2.58. The lowest BCUT2D eigenvalue weighted by molar-refractivity contribution is -0.119. The third kappa shape index (κ3) is 1.28. The molecule has 0 spiro atoms. The number of hydrogen-bond donors (Lipinski definition) is 0. The van der Waals surface area contributed by atoms with E-state index in [4.69, 9.17) is 0 Å². The van der Waals surface area contributed by atoms with Crippen LogP contribution in [0.3, 0.4) is 0 Å². The Morgan fingerprint density at radius 3 is 2.86 bits per heavy atom. The summed E-state index contributed by atoms with van der Waals surface area (Å²) in [5, 5.41) is 7.95. The van der Waals surface area contributed by atoms with Crippen LogP contribution in [0.5, 0.6) is 0 Å². The quantitative estimate of drug-likeness (QED) is 0.720. The van der Waals surface area contributed by atoms with E-state index in [0.29, 0.717) is 0 Å². The molecule has 0 aliphatic heterocycles. The molecule has 0 amide bonds. The Kier molecular flexibility index (Phi) is 2.04. The zero-order valence-electron chi connectivity index (χ0n) is 8.14. The van der Waals surface area contributed by atoms with Crippen molar-refractivity contribution in [3.8, 4) is 0 Å². The van der Waals surface area contributed by atoms with Crippen LogP contribution in [-0.4, -0.2) is 20.8 Å². The minimum atomic E-state index is -0.248. The molecule has 2 rings (SSSR count). The van der Waals surface area contributed by atoms with E-state index in [9.17, 15) is 4.79 Å². The summed E-state index contributed by atoms with van der Waals surface area (Å²) in [6, 6.07) is 7.36. The lowest BCUT2D eigenvalue weighted by atomic mass is 10.2. The minimum absolute atomic E-state index is 0.0839. The van der Waals surface area contributed by atoms with Crippen LogP contribution < -0.4 is 0 Å². The molecule has 4 nitrogen and oxygen atoms in total. The van der Waals surface area contributed by atoms with Crippen molar-refractivity contribution in [1.82, 2.24) is 15.0 Å². The van der Waals surface area contributed by atoms with Crippen LogP contribution in [0.2, 0.25) is 0 Å². The molecule has 0 N–H and O–H groups in total. The van der Waals surface area contributed by atoms with E-state index in [1.807, 2.05) is 31.2 Å². The maximum atomic E-state index is 11.2. The molecule has 1 atom stereocenters. The molecule has 0 aliphatic rings. The molecule has 1 unspecified atom stereocenters. The Labute approximate surface area is 81.5 Å². The van der Waals surface area contributed by atoms with Gasteiger partial charge in [0.2, 0.25) is 0 Å². The zero-order valence-corrected chi connectivity index (χ0v) is 8.14. The SMILES string of the molecule is CC(=O)C(C)n1nnc2ccccc21. The first-order valence-electron chi connectivity index (χ1n) is 4.50. The van der Waals surface area contributed by atoms with Crippen molar-refractivity contribution in [1.29, 1.82) is 0 Å². The van der Waals surface area contributed by atoms with Crippen molar-refractivity contribution < 1.29 is 4.79 Å². The summed E-state index contributed by atoms with van der Waals surface area (Å²) in [5.74, 6) is 0.0839. The number of hydrogen-bond acceptors (Lipinski definition) is 3. The number of para-hydroxylation sites is 1. The van der Waals surface area contributed by atoms with Gasteiger partial charge in [-0.15, -0.1) is 5.10 Å². The van der Waals surface area contributed by atoms with Gasteiger partial charge in [0.25, 0.3) is 0 Å². The van der Waals surface area contributed by atoms with Gasteiger partial charge in [-0.05, 0) is 26.0 Å². The molecule has 14 heavy (non-hydrogen) atoms. The van der Waals surface area contributed by atoms with Gasteiger partial charge < -0.3 is 0 Å². The number of rotatable bonds is 2. The standard InChI is InChI=1S/C10H11N3O/c1-7(8(2)14)13-10-6-4-3-5-9(10)11-12-13/h3-7H,1-2H3. The van der Waals surface area contributed by atoms with Crippen molar-refractivity contribution in [2.45, 2.75) is 19.9 Å². The van der Waals surface area contributed by atoms with E-state index in [1.165, 1.54) is 0 Å². The van der Waals surface area contributed by atoms with Gasteiger partial charge in [0.15, 0.2) is 5.78 Å². The normalized spacial score (nSPS) is 13.0. The van der Waals surface area contributed by atoms with Gasteiger partial charge in [-0.3, -0.25) is 4.79 Å². The van der Waals surface area contributed by atoms with E-state index >= 15 is 0 Å². The number of benzene rings is 1. The lowest BCUT2D eigenvalue weighted by Gasteiger charge is -2.07. The smallest absolute Gasteiger partial charge is 0.154 e. The first-order chi connectivity index (χ1) is 6.70. The molecular weight excluding hydrogens is 178 g/mol. The van der Waals surface area contributed by atoms with Crippen molar-refractivity contribution in [2.75, 3.05) is 0 Å². The van der Waals surface area contributed by atoms with Gasteiger partial charge in [-0.1, -0.05) is 17.3 Å². The molecule has 1 aromatic carbocycles. The third-order valence-corrected chi connectivity index (χ3v) is 2.33. The Morgan fingerprint density at radius 1 is 1.43 bits per heavy atom. The summed E-state index contributed by atoms with van der Waals surface area (Å²) < 4.78 is 1.65. The minimum Gasteiger partial charge on any atom is -0.298 e. The van der Waals surface area contributed by atoms with Crippen molar-refractivity contribution in [3.63, 3.8) is 0 Å². The molecule has 0 saturated heterocycles. The molecule has 1 aromatic heterocycles. The molecule has 0 fully saturated rings. The van der Waals surface area contributed by atoms with Crippen LogP contribution in [0, 0.1) is 0 Å². The number of fused-ring (bicyclic) bond motifs is 1. The molecule has 4 heteroatoms. The Morgan fingerprint density at radius 2 is 2.14 bits per heavy atom. The second kappa shape index (κ2) is 3.21. The molecule has 0 saturated carbocycles. The lowest BCUT2D eigenvalue weighted by Crippen LogP contribution is -2.14. The summed E-state index contributed by atoms with van der Waals surface area (Å²) in [4.78, 5) is 11.2. The summed E-state index contributed by atoms with van der Waals surface area (Å²) in [5.41, 5.74) is 1.72. The maximum absolute atomic E-state index is 11.2.